The molecule has 0 radical (unpaired) electrons. The predicted molar refractivity (Wildman–Crippen MR) is 77.3 cm³/mol. The van der Waals surface area contributed by atoms with Crippen molar-refractivity contribution in [1.82, 2.24) is 0 Å². The van der Waals surface area contributed by atoms with Gasteiger partial charge < -0.3 is 13.9 Å². The molecule has 0 spiro atoms. The molecule has 0 saturated carbocycles. The number of carbonyl (C=O) groups is 1. The van der Waals surface area contributed by atoms with Gasteiger partial charge in [-0.25, -0.2) is 4.79 Å². The van der Waals surface area contributed by atoms with Crippen molar-refractivity contribution in [3.8, 4) is 5.75 Å². The van der Waals surface area contributed by atoms with Crippen LogP contribution in [-0.4, -0.2) is 24.1 Å². The molecule has 0 N–H and O–H groups in total. The molecule has 0 bridgehead atoms. The average molecular weight is 303 g/mol. The maximum atomic E-state index is 11.4. The molecule has 1 aromatic heterocycles. The topological polar surface area (TPSA) is 91.8 Å². The van der Waals surface area contributed by atoms with Crippen LogP contribution in [-0.2, 0) is 9.53 Å². The van der Waals surface area contributed by atoms with Gasteiger partial charge in [0, 0.05) is 6.08 Å². The van der Waals surface area contributed by atoms with Crippen molar-refractivity contribution in [2.24, 2.45) is 0 Å². The lowest BCUT2D eigenvalue weighted by molar-refractivity contribution is -0.402. The van der Waals surface area contributed by atoms with E-state index in [1.54, 1.807) is 12.1 Å². The monoisotopic (exact) mass is 303 g/mol. The molecule has 0 aliphatic rings. The van der Waals surface area contributed by atoms with E-state index in [-0.39, 0.29) is 24.9 Å². The van der Waals surface area contributed by atoms with Gasteiger partial charge in [0.05, 0.1) is 6.07 Å². The molecule has 1 heterocycles. The quantitative estimate of drug-likeness (QED) is 0.257. The van der Waals surface area contributed by atoms with E-state index in [0.29, 0.717) is 5.75 Å². The molecular weight excluding hydrogens is 290 g/mol. The van der Waals surface area contributed by atoms with Gasteiger partial charge in [0.2, 0.25) is 0 Å². The predicted octanol–water partition coefficient (Wildman–Crippen LogP) is 2.82. The summed E-state index contributed by atoms with van der Waals surface area (Å²) < 4.78 is 15.1. The van der Waals surface area contributed by atoms with Gasteiger partial charge in [-0.1, -0.05) is 18.2 Å². The molecule has 2 rings (SSSR count). The van der Waals surface area contributed by atoms with Crippen molar-refractivity contribution in [2.45, 2.75) is 0 Å². The van der Waals surface area contributed by atoms with Crippen molar-refractivity contribution in [3.05, 3.63) is 64.4 Å². The van der Waals surface area contributed by atoms with Gasteiger partial charge in [-0.3, -0.25) is 10.1 Å². The van der Waals surface area contributed by atoms with Crippen molar-refractivity contribution < 1.29 is 23.6 Å². The van der Waals surface area contributed by atoms with Crippen LogP contribution in [0, 0.1) is 10.1 Å². The fourth-order valence-electron chi connectivity index (χ4n) is 1.55. The number of furan rings is 1. The van der Waals surface area contributed by atoms with Gasteiger partial charge in [-0.15, -0.1) is 0 Å². The molecule has 0 fully saturated rings. The van der Waals surface area contributed by atoms with Crippen LogP contribution < -0.4 is 4.74 Å². The second kappa shape index (κ2) is 7.63. The van der Waals surface area contributed by atoms with Gasteiger partial charge in [-0.05, 0) is 24.3 Å². The highest BCUT2D eigenvalue weighted by Gasteiger charge is 2.10. The molecule has 0 unspecified atom stereocenters. The Balaban J connectivity index is 1.71. The van der Waals surface area contributed by atoms with E-state index in [9.17, 15) is 14.9 Å². The first-order chi connectivity index (χ1) is 10.6. The summed E-state index contributed by atoms with van der Waals surface area (Å²) in [5.74, 6) is -0.0823. The summed E-state index contributed by atoms with van der Waals surface area (Å²) in [6.07, 6.45) is 2.43. The largest absolute Gasteiger partial charge is 0.490 e. The van der Waals surface area contributed by atoms with Gasteiger partial charge in [0.15, 0.2) is 0 Å². The summed E-state index contributed by atoms with van der Waals surface area (Å²) in [5, 5.41) is 10.4. The number of benzene rings is 1. The number of nitro groups is 1. The SMILES string of the molecule is O=C(/C=C/c1ccc([N+](=O)[O-])o1)OCCOc1ccccc1. The smallest absolute Gasteiger partial charge is 0.433 e. The van der Waals surface area contributed by atoms with Crippen molar-refractivity contribution in [1.29, 1.82) is 0 Å². The Bertz CT molecular complexity index is 662. The number of hydrogen-bond donors (Lipinski definition) is 0. The molecule has 0 aliphatic heterocycles. The number of esters is 1. The lowest BCUT2D eigenvalue weighted by atomic mass is 10.3. The van der Waals surface area contributed by atoms with E-state index in [2.05, 4.69) is 0 Å². The first-order valence-corrected chi connectivity index (χ1v) is 6.42. The van der Waals surface area contributed by atoms with E-state index < -0.39 is 10.9 Å². The molecule has 0 saturated heterocycles. The maximum absolute atomic E-state index is 11.4. The van der Waals surface area contributed by atoms with Crippen LogP contribution in [0.1, 0.15) is 5.76 Å². The highest BCUT2D eigenvalue weighted by atomic mass is 16.6. The lowest BCUT2D eigenvalue weighted by Crippen LogP contribution is -2.10. The van der Waals surface area contributed by atoms with E-state index in [0.717, 1.165) is 6.08 Å². The number of rotatable bonds is 7. The Morgan fingerprint density at radius 1 is 1.18 bits per heavy atom. The minimum Gasteiger partial charge on any atom is -0.490 e. The zero-order chi connectivity index (χ0) is 15.8. The second-order valence-electron chi connectivity index (χ2n) is 4.10. The summed E-state index contributed by atoms with van der Waals surface area (Å²) >= 11 is 0. The molecule has 22 heavy (non-hydrogen) atoms. The molecule has 114 valence electrons. The Morgan fingerprint density at radius 3 is 2.64 bits per heavy atom. The van der Waals surface area contributed by atoms with Gasteiger partial charge in [-0.2, -0.15) is 0 Å². The number of carbonyl (C=O) groups excluding carboxylic acids is 1. The fourth-order valence-corrected chi connectivity index (χ4v) is 1.55. The minimum atomic E-state index is -0.656. The van der Waals surface area contributed by atoms with E-state index in [4.69, 9.17) is 13.9 Å². The number of para-hydroxylation sites is 1. The third-order valence-corrected chi connectivity index (χ3v) is 2.52. The molecule has 7 nitrogen and oxygen atoms in total. The molecule has 2 aromatic rings. The summed E-state index contributed by atoms with van der Waals surface area (Å²) in [5.41, 5.74) is 0. The third-order valence-electron chi connectivity index (χ3n) is 2.52. The number of ether oxygens (including phenoxy) is 2. The van der Waals surface area contributed by atoms with E-state index >= 15 is 0 Å². The highest BCUT2D eigenvalue weighted by molar-refractivity contribution is 5.86. The zero-order valence-electron chi connectivity index (χ0n) is 11.5. The van der Waals surface area contributed by atoms with E-state index in [1.165, 1.54) is 18.2 Å². The minimum absolute atomic E-state index is 0.0936. The number of hydrogen-bond acceptors (Lipinski definition) is 6. The molecule has 7 heteroatoms. The van der Waals surface area contributed by atoms with Gasteiger partial charge in [0.25, 0.3) is 0 Å². The van der Waals surface area contributed by atoms with Crippen LogP contribution >= 0.6 is 0 Å². The van der Waals surface area contributed by atoms with Crippen LogP contribution in [0.4, 0.5) is 5.88 Å². The third kappa shape index (κ3) is 4.78. The Morgan fingerprint density at radius 2 is 1.95 bits per heavy atom. The van der Waals surface area contributed by atoms with Gasteiger partial charge >= 0.3 is 11.9 Å². The maximum Gasteiger partial charge on any atom is 0.433 e. The fraction of sp³-hybridized carbons (Fsp3) is 0.133. The highest BCUT2D eigenvalue weighted by Crippen LogP contribution is 2.16. The average Bonchev–Trinajstić information content (AvgIpc) is 3.00. The van der Waals surface area contributed by atoms with Crippen LogP contribution in [0.25, 0.3) is 6.08 Å². The standard InChI is InChI=1S/C15H13NO6/c17-15(9-7-13-6-8-14(22-13)16(18)19)21-11-10-20-12-4-2-1-3-5-12/h1-9H,10-11H2/b9-7+. The Kier molecular flexibility index (Phi) is 5.31. The summed E-state index contributed by atoms with van der Waals surface area (Å²) in [7, 11) is 0. The molecule has 1 aromatic carbocycles. The van der Waals surface area contributed by atoms with Crippen molar-refractivity contribution >= 4 is 17.9 Å². The van der Waals surface area contributed by atoms with E-state index in [1.807, 2.05) is 18.2 Å². The summed E-state index contributed by atoms with van der Waals surface area (Å²) in [4.78, 5) is 21.2. The molecule has 0 amide bonds. The molecular formula is C15H13NO6. The summed E-state index contributed by atoms with van der Waals surface area (Å²) in [6, 6.07) is 11.7. The van der Waals surface area contributed by atoms with Gasteiger partial charge in [0.1, 0.15) is 29.6 Å². The van der Waals surface area contributed by atoms with Crippen molar-refractivity contribution in [2.75, 3.05) is 13.2 Å². The van der Waals surface area contributed by atoms with Crippen molar-refractivity contribution in [3.63, 3.8) is 0 Å². The van der Waals surface area contributed by atoms with Crippen LogP contribution in [0.2, 0.25) is 0 Å². The van der Waals surface area contributed by atoms with Crippen LogP contribution in [0.15, 0.2) is 53.0 Å². The Hall–Kier alpha value is -3.09. The first kappa shape index (κ1) is 15.3. The number of nitrogens with zero attached hydrogens (tertiary/aromatic N) is 1. The molecule has 0 aliphatic carbocycles. The summed E-state index contributed by atoms with van der Waals surface area (Å²) in [6.45, 7) is 0.326. The lowest BCUT2D eigenvalue weighted by Gasteiger charge is -2.05. The molecule has 0 atom stereocenters. The second-order valence-corrected chi connectivity index (χ2v) is 4.10. The first-order valence-electron chi connectivity index (χ1n) is 6.42. The zero-order valence-corrected chi connectivity index (χ0v) is 11.5. The normalized spacial score (nSPS) is 10.5. The van der Waals surface area contributed by atoms with Crippen LogP contribution in [0.3, 0.4) is 0 Å². The van der Waals surface area contributed by atoms with Crippen LogP contribution in [0.5, 0.6) is 5.75 Å². The Labute approximate surface area is 125 Å².